The number of carbonyl (C=O) groups excluding carboxylic acids is 1. The third kappa shape index (κ3) is 7.41. The molecular weight excluding hydrogens is 228 g/mol. The van der Waals surface area contributed by atoms with Crippen LogP contribution in [0.3, 0.4) is 0 Å². The van der Waals surface area contributed by atoms with Crippen LogP contribution in [-0.4, -0.2) is 24.3 Å². The van der Waals surface area contributed by atoms with Gasteiger partial charge in [0.15, 0.2) is 0 Å². The second kappa shape index (κ2) is 9.19. The molecule has 0 atom stereocenters. The van der Waals surface area contributed by atoms with E-state index in [1.165, 1.54) is 5.56 Å². The Morgan fingerprint density at radius 2 is 1.78 bits per heavy atom. The molecule has 0 unspecified atom stereocenters. The quantitative estimate of drug-likeness (QED) is 0.658. The molecule has 0 spiro atoms. The summed E-state index contributed by atoms with van der Waals surface area (Å²) in [5, 5.41) is 8.19. The van der Waals surface area contributed by atoms with E-state index < -0.39 is 5.97 Å². The lowest BCUT2D eigenvalue weighted by Gasteiger charge is -1.99. The molecule has 1 N–H and O–H groups in total. The average Bonchev–Trinajstić information content (AvgIpc) is 2.37. The third-order valence-electron chi connectivity index (χ3n) is 1.94. The summed E-state index contributed by atoms with van der Waals surface area (Å²) in [5.74, 6) is -0.455. The SMILES string of the molecule is C=C(C)C(=O)OCCO.C=C(C)c1ccccc1. The molecule has 0 aliphatic rings. The Hall–Kier alpha value is -1.87. The van der Waals surface area contributed by atoms with Crippen LogP contribution in [0.25, 0.3) is 5.57 Å². The summed E-state index contributed by atoms with van der Waals surface area (Å²) in [5.41, 5.74) is 2.69. The molecule has 3 heteroatoms. The van der Waals surface area contributed by atoms with Gasteiger partial charge in [-0.05, 0) is 19.4 Å². The van der Waals surface area contributed by atoms with Crippen LogP contribution in [0, 0.1) is 0 Å². The van der Waals surface area contributed by atoms with Gasteiger partial charge in [0.05, 0.1) is 6.61 Å². The minimum atomic E-state index is -0.455. The first-order chi connectivity index (χ1) is 8.49. The number of aliphatic hydroxyl groups excluding tert-OH is 1. The first-order valence-corrected chi connectivity index (χ1v) is 5.63. The van der Waals surface area contributed by atoms with E-state index >= 15 is 0 Å². The molecule has 0 bridgehead atoms. The number of esters is 1. The zero-order chi connectivity index (χ0) is 14.0. The fourth-order valence-corrected chi connectivity index (χ4v) is 0.984. The van der Waals surface area contributed by atoms with Crippen molar-refractivity contribution < 1.29 is 14.6 Å². The Bertz CT molecular complexity index is 393. The molecule has 98 valence electrons. The largest absolute Gasteiger partial charge is 0.460 e. The van der Waals surface area contributed by atoms with Gasteiger partial charge in [0.25, 0.3) is 0 Å². The van der Waals surface area contributed by atoms with Gasteiger partial charge in [0, 0.05) is 5.57 Å². The van der Waals surface area contributed by atoms with E-state index in [1.807, 2.05) is 25.1 Å². The summed E-state index contributed by atoms with van der Waals surface area (Å²) in [6.45, 7) is 10.6. The molecule has 0 aliphatic carbocycles. The van der Waals surface area contributed by atoms with Gasteiger partial charge >= 0.3 is 5.97 Å². The van der Waals surface area contributed by atoms with Crippen molar-refractivity contribution in [1.29, 1.82) is 0 Å². The van der Waals surface area contributed by atoms with Gasteiger partial charge in [0.2, 0.25) is 0 Å². The van der Waals surface area contributed by atoms with Crippen LogP contribution >= 0.6 is 0 Å². The van der Waals surface area contributed by atoms with Gasteiger partial charge in [-0.15, -0.1) is 0 Å². The molecule has 0 aliphatic heterocycles. The molecule has 1 aromatic rings. The van der Waals surface area contributed by atoms with E-state index in [0.717, 1.165) is 5.57 Å². The molecule has 18 heavy (non-hydrogen) atoms. The second-order valence-electron chi connectivity index (χ2n) is 3.79. The van der Waals surface area contributed by atoms with E-state index in [4.69, 9.17) is 5.11 Å². The molecule has 1 rings (SSSR count). The number of aliphatic hydroxyl groups is 1. The first-order valence-electron chi connectivity index (χ1n) is 5.63. The molecule has 0 amide bonds. The summed E-state index contributed by atoms with van der Waals surface area (Å²) < 4.78 is 4.46. The molecule has 0 heterocycles. The monoisotopic (exact) mass is 248 g/mol. The van der Waals surface area contributed by atoms with Gasteiger partial charge in [-0.25, -0.2) is 4.79 Å². The van der Waals surface area contributed by atoms with E-state index in [9.17, 15) is 4.79 Å². The van der Waals surface area contributed by atoms with E-state index in [2.05, 4.69) is 30.0 Å². The minimum absolute atomic E-state index is 0.0473. The van der Waals surface area contributed by atoms with Crippen LogP contribution < -0.4 is 0 Å². The third-order valence-corrected chi connectivity index (χ3v) is 1.94. The number of rotatable bonds is 4. The van der Waals surface area contributed by atoms with Crippen LogP contribution in [0.4, 0.5) is 0 Å². The lowest BCUT2D eigenvalue weighted by molar-refractivity contribution is -0.139. The van der Waals surface area contributed by atoms with Crippen LogP contribution in [0.15, 0.2) is 49.1 Å². The number of hydrogen-bond acceptors (Lipinski definition) is 3. The van der Waals surface area contributed by atoms with Crippen LogP contribution in [0.2, 0.25) is 0 Å². The molecule has 0 saturated heterocycles. The van der Waals surface area contributed by atoms with Crippen LogP contribution in [0.1, 0.15) is 19.4 Å². The highest BCUT2D eigenvalue weighted by Gasteiger charge is 1.99. The number of benzene rings is 1. The normalized spacial score (nSPS) is 8.83. The van der Waals surface area contributed by atoms with E-state index in [0.29, 0.717) is 5.57 Å². The second-order valence-corrected chi connectivity index (χ2v) is 3.79. The lowest BCUT2D eigenvalue weighted by atomic mass is 10.1. The zero-order valence-corrected chi connectivity index (χ0v) is 11.0. The molecule has 0 aromatic heterocycles. The fourth-order valence-electron chi connectivity index (χ4n) is 0.984. The average molecular weight is 248 g/mol. The van der Waals surface area contributed by atoms with Crippen molar-refractivity contribution in [3.05, 3.63) is 54.6 Å². The Morgan fingerprint density at radius 3 is 2.11 bits per heavy atom. The predicted octanol–water partition coefficient (Wildman–Crippen LogP) is 2.82. The highest BCUT2D eigenvalue weighted by atomic mass is 16.5. The van der Waals surface area contributed by atoms with Gasteiger partial charge in [-0.3, -0.25) is 0 Å². The van der Waals surface area contributed by atoms with Gasteiger partial charge < -0.3 is 9.84 Å². The van der Waals surface area contributed by atoms with E-state index in [1.54, 1.807) is 6.92 Å². The highest BCUT2D eigenvalue weighted by molar-refractivity contribution is 5.86. The smallest absolute Gasteiger partial charge is 0.333 e. The molecule has 0 saturated carbocycles. The van der Waals surface area contributed by atoms with Crippen molar-refractivity contribution in [3.8, 4) is 0 Å². The van der Waals surface area contributed by atoms with Crippen molar-refractivity contribution in [2.45, 2.75) is 13.8 Å². The number of carbonyl (C=O) groups is 1. The summed E-state index contributed by atoms with van der Waals surface area (Å²) in [6.07, 6.45) is 0. The summed E-state index contributed by atoms with van der Waals surface area (Å²) in [4.78, 5) is 10.5. The number of ether oxygens (including phenoxy) is 1. The Kier molecular flexibility index (Phi) is 8.24. The highest BCUT2D eigenvalue weighted by Crippen LogP contribution is 2.08. The standard InChI is InChI=1S/C9H10.C6H10O3/c1-8(2)9-6-4-3-5-7-9;1-5(2)6(8)9-4-3-7/h3-7H,1H2,2H3;7H,1,3-4H2,2H3. The molecule has 1 aromatic carbocycles. The van der Waals surface area contributed by atoms with Crippen molar-refractivity contribution in [1.82, 2.24) is 0 Å². The Balaban J connectivity index is 0.000000321. The molecular formula is C15H20O3. The van der Waals surface area contributed by atoms with Crippen molar-refractivity contribution in [2.75, 3.05) is 13.2 Å². The number of hydrogen-bond donors (Lipinski definition) is 1. The summed E-state index contributed by atoms with van der Waals surface area (Å²) in [6, 6.07) is 10.2. The van der Waals surface area contributed by atoms with Crippen LogP contribution in [0.5, 0.6) is 0 Å². The van der Waals surface area contributed by atoms with E-state index in [-0.39, 0.29) is 13.2 Å². The topological polar surface area (TPSA) is 46.5 Å². The summed E-state index contributed by atoms with van der Waals surface area (Å²) >= 11 is 0. The van der Waals surface area contributed by atoms with Crippen molar-refractivity contribution >= 4 is 11.5 Å². The molecule has 0 radical (unpaired) electrons. The first kappa shape index (κ1) is 16.1. The fraction of sp³-hybridized carbons (Fsp3) is 0.267. The number of allylic oxidation sites excluding steroid dienone is 1. The maximum absolute atomic E-state index is 10.5. The Labute approximate surface area is 108 Å². The van der Waals surface area contributed by atoms with Crippen molar-refractivity contribution in [3.63, 3.8) is 0 Å². The van der Waals surface area contributed by atoms with Gasteiger partial charge in [-0.1, -0.05) is 49.1 Å². The maximum Gasteiger partial charge on any atom is 0.333 e. The Morgan fingerprint density at radius 1 is 1.22 bits per heavy atom. The minimum Gasteiger partial charge on any atom is -0.460 e. The van der Waals surface area contributed by atoms with Crippen molar-refractivity contribution in [2.24, 2.45) is 0 Å². The predicted molar refractivity (Wildman–Crippen MR) is 74.0 cm³/mol. The van der Waals surface area contributed by atoms with Crippen LogP contribution in [-0.2, 0) is 9.53 Å². The molecule has 3 nitrogen and oxygen atoms in total. The van der Waals surface area contributed by atoms with Gasteiger partial charge in [-0.2, -0.15) is 0 Å². The lowest BCUT2D eigenvalue weighted by Crippen LogP contribution is -2.08. The molecule has 0 fully saturated rings. The van der Waals surface area contributed by atoms with Gasteiger partial charge in [0.1, 0.15) is 6.61 Å². The zero-order valence-electron chi connectivity index (χ0n) is 11.0. The maximum atomic E-state index is 10.5. The summed E-state index contributed by atoms with van der Waals surface area (Å²) in [7, 11) is 0.